The normalized spacial score (nSPS) is 17.3. The minimum Gasteiger partial charge on any atom is -0.451 e. The lowest BCUT2D eigenvalue weighted by molar-refractivity contribution is 0.0315. The third-order valence-electron chi connectivity index (χ3n) is 5.04. The van der Waals surface area contributed by atoms with E-state index in [4.69, 9.17) is 4.74 Å². The number of ether oxygens (including phenoxy) is 1. The van der Waals surface area contributed by atoms with Crippen molar-refractivity contribution in [3.8, 4) is 0 Å². The van der Waals surface area contributed by atoms with E-state index in [0.717, 1.165) is 29.7 Å². The van der Waals surface area contributed by atoms with Crippen LogP contribution < -0.4 is 5.56 Å². The molecule has 0 amide bonds. The molecular weight excluding hydrogens is 394 g/mol. The monoisotopic (exact) mass is 415 g/mol. The Morgan fingerprint density at radius 3 is 3.07 bits per heavy atom. The van der Waals surface area contributed by atoms with Gasteiger partial charge in [-0.05, 0) is 56.1 Å². The van der Waals surface area contributed by atoms with Crippen LogP contribution in [0.15, 0.2) is 28.2 Å². The van der Waals surface area contributed by atoms with Crippen LogP contribution in [0, 0.1) is 5.92 Å². The lowest BCUT2D eigenvalue weighted by Crippen LogP contribution is -2.18. The maximum atomic E-state index is 12.7. The summed E-state index contributed by atoms with van der Waals surface area (Å²) in [5.74, 6) is 0.517. The molecule has 8 heteroatoms. The quantitative estimate of drug-likeness (QED) is 0.509. The number of aromatic amines is 1. The summed E-state index contributed by atoms with van der Waals surface area (Å²) >= 11 is 2.97. The molecule has 3 aromatic heterocycles. The maximum absolute atomic E-state index is 12.7. The first-order valence-corrected chi connectivity index (χ1v) is 11.3. The number of aryl methyl sites for hydroxylation is 1. The molecule has 146 valence electrons. The molecule has 0 spiro atoms. The number of rotatable bonds is 4. The largest absolute Gasteiger partial charge is 0.451 e. The fourth-order valence-electron chi connectivity index (χ4n) is 3.55. The zero-order valence-corrected chi connectivity index (χ0v) is 17.6. The lowest BCUT2D eigenvalue weighted by Gasteiger charge is -2.17. The smallest absolute Gasteiger partial charge is 0.341 e. The van der Waals surface area contributed by atoms with Gasteiger partial charge in [0.2, 0.25) is 0 Å². The molecule has 0 aliphatic heterocycles. The van der Waals surface area contributed by atoms with Crippen LogP contribution in [0.3, 0.4) is 0 Å². The Balaban J connectivity index is 1.64. The van der Waals surface area contributed by atoms with E-state index in [1.54, 1.807) is 36.6 Å². The van der Waals surface area contributed by atoms with Crippen LogP contribution >= 0.6 is 23.1 Å². The molecule has 1 aliphatic carbocycles. The number of fused-ring (bicyclic) bond motifs is 3. The molecule has 1 N–H and O–H groups in total. The molecular formula is C20H21N3O3S2. The third kappa shape index (κ3) is 3.46. The van der Waals surface area contributed by atoms with E-state index in [0.29, 0.717) is 27.7 Å². The van der Waals surface area contributed by atoms with E-state index >= 15 is 0 Å². The van der Waals surface area contributed by atoms with Crippen LogP contribution in [-0.2, 0) is 17.6 Å². The topological polar surface area (TPSA) is 84.9 Å². The van der Waals surface area contributed by atoms with E-state index in [9.17, 15) is 9.59 Å². The molecule has 0 radical (unpaired) electrons. The van der Waals surface area contributed by atoms with Crippen LogP contribution in [0.2, 0.25) is 0 Å². The fourth-order valence-corrected chi connectivity index (χ4v) is 5.47. The van der Waals surface area contributed by atoms with Gasteiger partial charge in [-0.3, -0.25) is 4.79 Å². The van der Waals surface area contributed by atoms with Crippen molar-refractivity contribution in [2.75, 3.05) is 6.26 Å². The van der Waals surface area contributed by atoms with Crippen LogP contribution in [0.5, 0.6) is 0 Å². The van der Waals surface area contributed by atoms with Crippen molar-refractivity contribution in [3.63, 3.8) is 0 Å². The molecule has 2 atom stereocenters. The number of H-pyrrole nitrogens is 1. The molecule has 0 saturated carbocycles. The summed E-state index contributed by atoms with van der Waals surface area (Å²) in [5.41, 5.74) is 1.40. The van der Waals surface area contributed by atoms with Gasteiger partial charge in [0.15, 0.2) is 11.9 Å². The molecule has 28 heavy (non-hydrogen) atoms. The van der Waals surface area contributed by atoms with E-state index in [1.807, 2.05) is 6.26 Å². The Bertz CT molecular complexity index is 1110. The van der Waals surface area contributed by atoms with Crippen LogP contribution in [0.4, 0.5) is 0 Å². The average Bonchev–Trinajstić information content (AvgIpc) is 3.05. The highest BCUT2D eigenvalue weighted by atomic mass is 32.2. The Morgan fingerprint density at radius 2 is 2.29 bits per heavy atom. The Kier molecular flexibility index (Phi) is 5.25. The van der Waals surface area contributed by atoms with Crippen molar-refractivity contribution in [1.29, 1.82) is 0 Å². The highest BCUT2D eigenvalue weighted by Gasteiger charge is 2.25. The van der Waals surface area contributed by atoms with Crippen LogP contribution in [-0.4, -0.2) is 27.2 Å². The minimum atomic E-state index is -0.669. The number of thioether (sulfide) groups is 1. The third-order valence-corrected chi connectivity index (χ3v) is 6.90. The fraction of sp³-hybridized carbons (Fsp3) is 0.400. The number of esters is 1. The summed E-state index contributed by atoms with van der Waals surface area (Å²) in [6, 6.07) is 3.38. The van der Waals surface area contributed by atoms with Gasteiger partial charge in [0.05, 0.1) is 10.9 Å². The van der Waals surface area contributed by atoms with Gasteiger partial charge in [0, 0.05) is 11.1 Å². The first kappa shape index (κ1) is 19.1. The van der Waals surface area contributed by atoms with Gasteiger partial charge < -0.3 is 9.72 Å². The van der Waals surface area contributed by atoms with E-state index < -0.39 is 12.1 Å². The lowest BCUT2D eigenvalue weighted by atomic mass is 9.89. The van der Waals surface area contributed by atoms with Gasteiger partial charge >= 0.3 is 5.97 Å². The highest BCUT2D eigenvalue weighted by molar-refractivity contribution is 7.98. The zero-order chi connectivity index (χ0) is 19.8. The number of pyridine rings is 1. The number of nitrogens with one attached hydrogen (secondary N) is 1. The molecule has 0 aromatic carbocycles. The summed E-state index contributed by atoms with van der Waals surface area (Å²) in [6.07, 6.45) is 5.83. The minimum absolute atomic E-state index is 0.152. The number of thiophene rings is 1. The maximum Gasteiger partial charge on any atom is 0.341 e. The predicted octanol–water partition coefficient (Wildman–Crippen LogP) is 4.14. The predicted molar refractivity (Wildman–Crippen MR) is 111 cm³/mol. The second-order valence-corrected chi connectivity index (χ2v) is 8.97. The SMILES string of the molecule is CSc1ncccc1C(=O)O[C@@H](C)c1nc2sc3c(c2c(=O)[nH]1)CC[C@@H](C)C3. The summed E-state index contributed by atoms with van der Waals surface area (Å²) in [5, 5.41) is 1.31. The molecule has 4 rings (SSSR count). The van der Waals surface area contributed by atoms with Crippen LogP contribution in [0.1, 0.15) is 53.0 Å². The number of carbonyl (C=O) groups excluding carboxylic acids is 1. The highest BCUT2D eigenvalue weighted by Crippen LogP contribution is 2.36. The Hall–Kier alpha value is -2.19. The summed E-state index contributed by atoms with van der Waals surface area (Å²) in [4.78, 5) is 38.9. The molecule has 1 aliphatic rings. The van der Waals surface area contributed by atoms with Crippen molar-refractivity contribution >= 4 is 39.3 Å². The number of hydrogen-bond acceptors (Lipinski definition) is 7. The molecule has 6 nitrogen and oxygen atoms in total. The first-order valence-electron chi connectivity index (χ1n) is 9.22. The van der Waals surface area contributed by atoms with Crippen molar-refractivity contribution in [2.24, 2.45) is 5.92 Å². The first-order chi connectivity index (χ1) is 13.5. The molecule has 0 fully saturated rings. The molecule has 0 saturated heterocycles. The van der Waals surface area contributed by atoms with Gasteiger partial charge in [-0.1, -0.05) is 6.92 Å². The average molecular weight is 416 g/mol. The molecule has 0 unspecified atom stereocenters. The van der Waals surface area contributed by atoms with E-state index in [-0.39, 0.29) is 5.56 Å². The van der Waals surface area contributed by atoms with Gasteiger partial charge in [0.1, 0.15) is 9.86 Å². The van der Waals surface area contributed by atoms with Gasteiger partial charge in [0.25, 0.3) is 5.56 Å². The van der Waals surface area contributed by atoms with Gasteiger partial charge in [-0.2, -0.15) is 0 Å². The number of nitrogens with zero attached hydrogens (tertiary/aromatic N) is 2. The van der Waals surface area contributed by atoms with Crippen molar-refractivity contribution in [3.05, 3.63) is 50.5 Å². The van der Waals surface area contributed by atoms with Gasteiger partial charge in [-0.15, -0.1) is 23.1 Å². The summed E-state index contributed by atoms with van der Waals surface area (Å²) in [6.45, 7) is 3.95. The summed E-state index contributed by atoms with van der Waals surface area (Å²) in [7, 11) is 0. The van der Waals surface area contributed by atoms with E-state index in [1.165, 1.54) is 16.6 Å². The van der Waals surface area contributed by atoms with Crippen molar-refractivity contribution in [2.45, 2.75) is 44.2 Å². The van der Waals surface area contributed by atoms with E-state index in [2.05, 4.69) is 21.9 Å². The van der Waals surface area contributed by atoms with Crippen molar-refractivity contribution < 1.29 is 9.53 Å². The Labute approximate surface area is 170 Å². The van der Waals surface area contributed by atoms with Crippen molar-refractivity contribution in [1.82, 2.24) is 15.0 Å². The standard InChI is InChI=1S/C20H21N3O3S2/c1-10-6-7-12-14(9-10)28-19-15(12)17(24)22-16(23-19)11(2)26-20(25)13-5-4-8-21-18(13)27-3/h4-5,8,10-11H,6-7,9H2,1-3H3,(H,22,23,24)/t10-,11+/m1/s1. The number of carbonyl (C=O) groups is 1. The second-order valence-electron chi connectivity index (χ2n) is 7.09. The van der Waals surface area contributed by atoms with Crippen LogP contribution in [0.25, 0.3) is 10.2 Å². The molecule has 0 bridgehead atoms. The summed E-state index contributed by atoms with van der Waals surface area (Å²) < 4.78 is 5.57. The molecule has 3 heterocycles. The molecule has 3 aromatic rings. The number of hydrogen-bond donors (Lipinski definition) is 1. The second kappa shape index (κ2) is 7.67. The number of aromatic nitrogens is 3. The zero-order valence-electron chi connectivity index (χ0n) is 15.9. The Morgan fingerprint density at radius 1 is 1.46 bits per heavy atom. The van der Waals surface area contributed by atoms with Gasteiger partial charge in [-0.25, -0.2) is 14.8 Å².